The van der Waals surface area contributed by atoms with Gasteiger partial charge in [-0.25, -0.2) is 18.7 Å². The number of urea groups is 1. The van der Waals surface area contributed by atoms with Gasteiger partial charge in [-0.15, -0.1) is 0 Å². The van der Waals surface area contributed by atoms with Crippen LogP contribution >= 0.6 is 0 Å². The number of nitrogens with zero attached hydrogens (tertiary/aromatic N) is 2. The minimum Gasteiger partial charge on any atom is -0.461 e. The molecule has 0 atom stereocenters. The second-order valence-electron chi connectivity index (χ2n) is 6.63. The number of amides is 3. The maximum absolute atomic E-state index is 12.9. The quantitative estimate of drug-likeness (QED) is 0.467. The van der Waals surface area contributed by atoms with E-state index in [-0.39, 0.29) is 31.2 Å². The zero-order chi connectivity index (χ0) is 22.9. The fraction of sp³-hybridized carbons (Fsp3) is 0.182. The molecule has 9 nitrogen and oxygen atoms in total. The predicted octanol–water partition coefficient (Wildman–Crippen LogP) is 2.63. The first-order valence-electron chi connectivity index (χ1n) is 9.84. The minimum absolute atomic E-state index is 0.178. The van der Waals surface area contributed by atoms with Crippen molar-refractivity contribution in [2.45, 2.75) is 13.5 Å². The number of nitrogens with one attached hydrogen (secondary N) is 3. The highest BCUT2D eigenvalue weighted by Gasteiger charge is 2.12. The van der Waals surface area contributed by atoms with E-state index in [9.17, 15) is 18.8 Å². The molecule has 2 aromatic carbocycles. The van der Waals surface area contributed by atoms with E-state index in [0.29, 0.717) is 11.4 Å². The number of rotatable bonds is 8. The van der Waals surface area contributed by atoms with Gasteiger partial charge < -0.3 is 20.7 Å². The average molecular weight is 439 g/mol. The average Bonchev–Trinajstić information content (AvgIpc) is 3.28. The van der Waals surface area contributed by atoms with Crippen LogP contribution < -0.4 is 16.0 Å². The lowest BCUT2D eigenvalue weighted by molar-refractivity contribution is -0.115. The van der Waals surface area contributed by atoms with Crippen LogP contribution in [0.1, 0.15) is 23.0 Å². The molecular formula is C22H22FN5O4. The number of halogens is 1. The molecular weight excluding hydrogens is 417 g/mol. The topological polar surface area (TPSA) is 114 Å². The van der Waals surface area contributed by atoms with Gasteiger partial charge in [0.05, 0.1) is 18.8 Å². The largest absolute Gasteiger partial charge is 0.461 e. The van der Waals surface area contributed by atoms with Gasteiger partial charge in [-0.1, -0.05) is 18.2 Å². The van der Waals surface area contributed by atoms with Gasteiger partial charge in [0.2, 0.25) is 5.91 Å². The number of carbonyl (C=O) groups is 3. The molecule has 0 saturated heterocycles. The summed E-state index contributed by atoms with van der Waals surface area (Å²) in [5.74, 6) is -1.29. The highest BCUT2D eigenvalue weighted by molar-refractivity contribution is 5.94. The van der Waals surface area contributed by atoms with E-state index in [1.54, 1.807) is 49.5 Å². The summed E-state index contributed by atoms with van der Waals surface area (Å²) in [6.45, 7) is 1.93. The monoisotopic (exact) mass is 439 g/mol. The number of aromatic nitrogens is 2. The van der Waals surface area contributed by atoms with Crippen LogP contribution in [0, 0.1) is 5.82 Å². The van der Waals surface area contributed by atoms with Gasteiger partial charge in [-0.2, -0.15) is 5.10 Å². The molecule has 1 heterocycles. The lowest BCUT2D eigenvalue weighted by atomic mass is 10.2. The highest BCUT2D eigenvalue weighted by atomic mass is 19.1. The van der Waals surface area contributed by atoms with Gasteiger partial charge in [0.1, 0.15) is 5.82 Å². The lowest BCUT2D eigenvalue weighted by Gasteiger charge is -2.10. The predicted molar refractivity (Wildman–Crippen MR) is 115 cm³/mol. The van der Waals surface area contributed by atoms with Gasteiger partial charge >= 0.3 is 12.0 Å². The molecule has 0 radical (unpaired) electrons. The SMILES string of the molecule is CCOC(=O)c1ccn(-c2cccc(NC(=O)CNC(=O)NCc3ccc(F)cc3)c2)n1. The molecule has 0 aliphatic carbocycles. The van der Waals surface area contributed by atoms with Crippen molar-refractivity contribution < 1.29 is 23.5 Å². The van der Waals surface area contributed by atoms with Crippen molar-refractivity contribution in [2.24, 2.45) is 0 Å². The molecule has 3 amide bonds. The summed E-state index contributed by atoms with van der Waals surface area (Å²) in [6.07, 6.45) is 1.61. The zero-order valence-electron chi connectivity index (χ0n) is 17.3. The Morgan fingerprint density at radius 3 is 2.59 bits per heavy atom. The normalized spacial score (nSPS) is 10.3. The van der Waals surface area contributed by atoms with Gasteiger partial charge in [0, 0.05) is 18.4 Å². The Bertz CT molecular complexity index is 1100. The molecule has 0 aliphatic heterocycles. The van der Waals surface area contributed by atoms with E-state index in [2.05, 4.69) is 21.0 Å². The minimum atomic E-state index is -0.527. The van der Waals surface area contributed by atoms with Crippen molar-refractivity contribution in [2.75, 3.05) is 18.5 Å². The fourth-order valence-electron chi connectivity index (χ4n) is 2.72. The van der Waals surface area contributed by atoms with Crippen molar-refractivity contribution in [3.05, 3.63) is 77.9 Å². The Kier molecular flexibility index (Phi) is 7.52. The lowest BCUT2D eigenvalue weighted by Crippen LogP contribution is -2.39. The molecule has 166 valence electrons. The molecule has 0 saturated carbocycles. The molecule has 3 N–H and O–H groups in total. The Balaban J connectivity index is 1.49. The third-order valence-electron chi connectivity index (χ3n) is 4.24. The van der Waals surface area contributed by atoms with Crippen molar-refractivity contribution in [3.8, 4) is 5.69 Å². The van der Waals surface area contributed by atoms with Gasteiger partial charge in [0.25, 0.3) is 0 Å². The first-order valence-corrected chi connectivity index (χ1v) is 9.84. The fourth-order valence-corrected chi connectivity index (χ4v) is 2.72. The van der Waals surface area contributed by atoms with Crippen LogP contribution in [0.5, 0.6) is 0 Å². The maximum atomic E-state index is 12.9. The second kappa shape index (κ2) is 10.7. The van der Waals surface area contributed by atoms with Crippen LogP contribution in [0.4, 0.5) is 14.9 Å². The summed E-state index contributed by atoms with van der Waals surface area (Å²) in [7, 11) is 0. The van der Waals surface area contributed by atoms with Crippen LogP contribution in [-0.4, -0.2) is 40.8 Å². The molecule has 0 bridgehead atoms. The summed E-state index contributed by atoms with van der Waals surface area (Å²) in [6, 6.07) is 13.6. The maximum Gasteiger partial charge on any atom is 0.358 e. The van der Waals surface area contributed by atoms with Gasteiger partial charge in [-0.05, 0) is 48.9 Å². The second-order valence-corrected chi connectivity index (χ2v) is 6.63. The van der Waals surface area contributed by atoms with Crippen molar-refractivity contribution >= 4 is 23.6 Å². The number of carbonyl (C=O) groups excluding carboxylic acids is 3. The van der Waals surface area contributed by atoms with Crippen LogP contribution in [-0.2, 0) is 16.1 Å². The molecule has 0 fully saturated rings. The molecule has 3 rings (SSSR count). The Morgan fingerprint density at radius 1 is 1.06 bits per heavy atom. The smallest absolute Gasteiger partial charge is 0.358 e. The van der Waals surface area contributed by atoms with Crippen molar-refractivity contribution in [3.63, 3.8) is 0 Å². The van der Waals surface area contributed by atoms with E-state index >= 15 is 0 Å². The highest BCUT2D eigenvalue weighted by Crippen LogP contribution is 2.15. The number of ether oxygens (including phenoxy) is 1. The molecule has 10 heteroatoms. The van der Waals surface area contributed by atoms with Crippen LogP contribution in [0.25, 0.3) is 5.69 Å². The number of anilines is 1. The number of esters is 1. The van der Waals surface area contributed by atoms with E-state index < -0.39 is 17.9 Å². The third kappa shape index (κ3) is 6.39. The number of hydrogen-bond acceptors (Lipinski definition) is 5. The summed E-state index contributed by atoms with van der Waals surface area (Å²) in [4.78, 5) is 35.8. The van der Waals surface area contributed by atoms with Crippen LogP contribution in [0.15, 0.2) is 60.8 Å². The van der Waals surface area contributed by atoms with Crippen LogP contribution in [0.2, 0.25) is 0 Å². The Labute approximate surface area is 183 Å². The zero-order valence-corrected chi connectivity index (χ0v) is 17.3. The van der Waals surface area contributed by atoms with Gasteiger partial charge in [0.15, 0.2) is 5.69 Å². The summed E-state index contributed by atoms with van der Waals surface area (Å²) < 4.78 is 19.3. The van der Waals surface area contributed by atoms with Gasteiger partial charge in [-0.3, -0.25) is 4.79 Å². The summed E-state index contributed by atoms with van der Waals surface area (Å²) in [5, 5.41) is 11.9. The van der Waals surface area contributed by atoms with E-state index in [1.165, 1.54) is 22.9 Å². The first kappa shape index (κ1) is 22.5. The summed E-state index contributed by atoms with van der Waals surface area (Å²) >= 11 is 0. The Hall–Kier alpha value is -4.21. The molecule has 0 aliphatic rings. The number of benzene rings is 2. The molecule has 3 aromatic rings. The van der Waals surface area contributed by atoms with Crippen LogP contribution in [0.3, 0.4) is 0 Å². The molecule has 32 heavy (non-hydrogen) atoms. The van der Waals surface area contributed by atoms with Crippen molar-refractivity contribution in [1.29, 1.82) is 0 Å². The Morgan fingerprint density at radius 2 is 1.84 bits per heavy atom. The third-order valence-corrected chi connectivity index (χ3v) is 4.24. The summed E-state index contributed by atoms with van der Waals surface area (Å²) in [5.41, 5.74) is 2.03. The van der Waals surface area contributed by atoms with E-state index in [0.717, 1.165) is 5.56 Å². The van der Waals surface area contributed by atoms with Crippen molar-refractivity contribution in [1.82, 2.24) is 20.4 Å². The van der Waals surface area contributed by atoms with E-state index in [1.807, 2.05) is 0 Å². The first-order chi connectivity index (χ1) is 15.4. The number of hydrogen-bond donors (Lipinski definition) is 3. The standard InChI is InChI=1S/C22H22FN5O4/c1-2-32-21(30)19-10-11-28(27-19)18-5-3-4-17(12-18)26-20(29)14-25-22(31)24-13-15-6-8-16(23)9-7-15/h3-12H,2,13-14H2,1H3,(H,26,29)(H2,24,25,31). The molecule has 0 spiro atoms. The molecule has 0 unspecified atom stereocenters. The van der Waals surface area contributed by atoms with E-state index in [4.69, 9.17) is 4.74 Å². The molecule has 1 aromatic heterocycles.